The molecule has 19 heavy (non-hydrogen) atoms. The van der Waals surface area contributed by atoms with Crippen LogP contribution in [0.25, 0.3) is 0 Å². The SMILES string of the molecule is CCOCCN(CCOCC)C(=O)c1csc(I)c1. The van der Waals surface area contributed by atoms with Crippen LogP contribution in [-0.4, -0.2) is 50.3 Å². The molecule has 4 nitrogen and oxygen atoms in total. The van der Waals surface area contributed by atoms with Crippen molar-refractivity contribution in [3.63, 3.8) is 0 Å². The number of hydrogen-bond donors (Lipinski definition) is 0. The molecule has 0 aliphatic heterocycles. The van der Waals surface area contributed by atoms with Crippen LogP contribution in [0.4, 0.5) is 0 Å². The van der Waals surface area contributed by atoms with Gasteiger partial charge in [-0.25, -0.2) is 0 Å². The average molecular weight is 397 g/mol. The van der Waals surface area contributed by atoms with Gasteiger partial charge in [0.2, 0.25) is 0 Å². The maximum atomic E-state index is 12.4. The van der Waals surface area contributed by atoms with Gasteiger partial charge in [-0.2, -0.15) is 0 Å². The van der Waals surface area contributed by atoms with Crippen molar-refractivity contribution in [3.05, 3.63) is 19.9 Å². The zero-order chi connectivity index (χ0) is 14.1. The number of nitrogens with zero attached hydrogens (tertiary/aromatic N) is 1. The number of carbonyl (C=O) groups excluding carboxylic acids is 1. The van der Waals surface area contributed by atoms with E-state index in [1.165, 1.54) is 0 Å². The summed E-state index contributed by atoms with van der Waals surface area (Å²) in [5.74, 6) is 0.0542. The Kier molecular flexibility index (Phi) is 8.60. The van der Waals surface area contributed by atoms with Crippen LogP contribution < -0.4 is 0 Å². The Morgan fingerprint density at radius 3 is 2.26 bits per heavy atom. The zero-order valence-corrected chi connectivity index (χ0v) is 14.3. The maximum absolute atomic E-state index is 12.4. The first-order valence-corrected chi connectivity index (χ1v) is 8.33. The summed E-state index contributed by atoms with van der Waals surface area (Å²) in [6.07, 6.45) is 0. The molecule has 0 atom stereocenters. The van der Waals surface area contributed by atoms with E-state index < -0.39 is 0 Å². The van der Waals surface area contributed by atoms with E-state index in [1.54, 1.807) is 16.2 Å². The number of halogens is 1. The predicted molar refractivity (Wildman–Crippen MR) is 85.9 cm³/mol. The van der Waals surface area contributed by atoms with Crippen LogP contribution in [-0.2, 0) is 9.47 Å². The first-order chi connectivity index (χ1) is 9.19. The Morgan fingerprint density at radius 1 is 1.26 bits per heavy atom. The van der Waals surface area contributed by atoms with E-state index in [9.17, 15) is 4.79 Å². The van der Waals surface area contributed by atoms with Crippen LogP contribution >= 0.6 is 33.9 Å². The van der Waals surface area contributed by atoms with Crippen LogP contribution in [0.2, 0.25) is 0 Å². The third kappa shape index (κ3) is 6.20. The summed E-state index contributed by atoms with van der Waals surface area (Å²) in [4.78, 5) is 14.2. The van der Waals surface area contributed by atoms with Gasteiger partial charge in [-0.1, -0.05) is 0 Å². The lowest BCUT2D eigenvalue weighted by atomic mass is 10.3. The van der Waals surface area contributed by atoms with Crippen molar-refractivity contribution in [2.24, 2.45) is 0 Å². The zero-order valence-electron chi connectivity index (χ0n) is 11.4. The Morgan fingerprint density at radius 2 is 1.84 bits per heavy atom. The number of thiophene rings is 1. The quantitative estimate of drug-likeness (QED) is 0.475. The van der Waals surface area contributed by atoms with Crippen LogP contribution in [0.3, 0.4) is 0 Å². The second kappa shape index (κ2) is 9.68. The molecule has 0 aliphatic rings. The van der Waals surface area contributed by atoms with Gasteiger partial charge in [0, 0.05) is 31.7 Å². The standard InChI is InChI=1S/C13H20INO3S/c1-3-17-7-5-15(6-8-18-4-2)13(16)11-9-12(14)19-10-11/h9-10H,3-8H2,1-2H3. The summed E-state index contributed by atoms with van der Waals surface area (Å²) in [6, 6.07) is 1.92. The van der Waals surface area contributed by atoms with E-state index in [4.69, 9.17) is 9.47 Å². The maximum Gasteiger partial charge on any atom is 0.254 e. The van der Waals surface area contributed by atoms with E-state index in [2.05, 4.69) is 22.6 Å². The van der Waals surface area contributed by atoms with E-state index in [0.29, 0.717) is 39.5 Å². The first kappa shape index (κ1) is 16.9. The molecule has 1 rings (SSSR count). The molecule has 0 fully saturated rings. The Labute approximate surface area is 132 Å². The summed E-state index contributed by atoms with van der Waals surface area (Å²) in [7, 11) is 0. The number of amides is 1. The lowest BCUT2D eigenvalue weighted by Gasteiger charge is -2.22. The van der Waals surface area contributed by atoms with Crippen molar-refractivity contribution in [1.82, 2.24) is 4.90 Å². The molecule has 0 aliphatic carbocycles. The van der Waals surface area contributed by atoms with Gasteiger partial charge in [-0.15, -0.1) is 11.3 Å². The predicted octanol–water partition coefficient (Wildman–Crippen LogP) is 2.87. The topological polar surface area (TPSA) is 38.8 Å². The van der Waals surface area contributed by atoms with Crippen molar-refractivity contribution < 1.29 is 14.3 Å². The summed E-state index contributed by atoms with van der Waals surface area (Å²) in [5.41, 5.74) is 0.752. The minimum atomic E-state index is 0.0542. The molecular formula is C13H20INO3S. The highest BCUT2D eigenvalue weighted by atomic mass is 127. The third-order valence-corrected chi connectivity index (χ3v) is 4.31. The van der Waals surface area contributed by atoms with Gasteiger partial charge >= 0.3 is 0 Å². The molecule has 1 aromatic heterocycles. The highest BCUT2D eigenvalue weighted by molar-refractivity contribution is 14.1. The highest BCUT2D eigenvalue weighted by Gasteiger charge is 2.16. The number of rotatable bonds is 9. The number of carbonyl (C=O) groups is 1. The summed E-state index contributed by atoms with van der Waals surface area (Å²) < 4.78 is 11.8. The Balaban J connectivity index is 2.57. The monoisotopic (exact) mass is 397 g/mol. The molecule has 0 radical (unpaired) electrons. The van der Waals surface area contributed by atoms with Crippen LogP contribution in [0, 0.1) is 2.88 Å². The lowest BCUT2D eigenvalue weighted by Crippen LogP contribution is -2.36. The minimum Gasteiger partial charge on any atom is -0.380 e. The van der Waals surface area contributed by atoms with Crippen molar-refractivity contribution >= 4 is 39.8 Å². The molecule has 0 aromatic carbocycles. The molecule has 1 aromatic rings. The fraction of sp³-hybridized carbons (Fsp3) is 0.615. The molecular weight excluding hydrogens is 377 g/mol. The van der Waals surface area contributed by atoms with Gasteiger partial charge < -0.3 is 14.4 Å². The van der Waals surface area contributed by atoms with Gasteiger partial charge in [0.1, 0.15) is 0 Å². The average Bonchev–Trinajstić information content (AvgIpc) is 2.83. The van der Waals surface area contributed by atoms with Crippen molar-refractivity contribution in [2.45, 2.75) is 13.8 Å². The molecule has 1 heterocycles. The number of hydrogen-bond acceptors (Lipinski definition) is 4. The molecule has 0 saturated heterocycles. The highest BCUT2D eigenvalue weighted by Crippen LogP contribution is 2.18. The van der Waals surface area contributed by atoms with Gasteiger partial charge in [0.25, 0.3) is 5.91 Å². The third-order valence-electron chi connectivity index (χ3n) is 2.52. The largest absolute Gasteiger partial charge is 0.380 e. The molecule has 108 valence electrons. The minimum absolute atomic E-state index is 0.0542. The molecule has 0 spiro atoms. The van der Waals surface area contributed by atoms with E-state index in [1.807, 2.05) is 25.3 Å². The Bertz CT molecular complexity index is 374. The normalized spacial score (nSPS) is 10.7. The van der Waals surface area contributed by atoms with E-state index >= 15 is 0 Å². The van der Waals surface area contributed by atoms with Gasteiger partial charge in [0.15, 0.2) is 0 Å². The number of ether oxygens (including phenoxy) is 2. The summed E-state index contributed by atoms with van der Waals surface area (Å²) in [5, 5.41) is 1.90. The second-order valence-electron chi connectivity index (χ2n) is 3.83. The molecule has 0 saturated carbocycles. The molecule has 0 N–H and O–H groups in total. The van der Waals surface area contributed by atoms with Crippen molar-refractivity contribution in [3.8, 4) is 0 Å². The van der Waals surface area contributed by atoms with E-state index in [0.717, 1.165) is 8.45 Å². The molecule has 0 bridgehead atoms. The van der Waals surface area contributed by atoms with Gasteiger partial charge in [0.05, 0.1) is 21.7 Å². The van der Waals surface area contributed by atoms with Crippen molar-refractivity contribution in [1.29, 1.82) is 0 Å². The van der Waals surface area contributed by atoms with E-state index in [-0.39, 0.29) is 5.91 Å². The first-order valence-electron chi connectivity index (χ1n) is 6.37. The van der Waals surface area contributed by atoms with Gasteiger partial charge in [-0.3, -0.25) is 4.79 Å². The second-order valence-corrected chi connectivity index (χ2v) is 6.63. The Hall–Kier alpha value is -0.180. The fourth-order valence-electron chi connectivity index (χ4n) is 1.56. The lowest BCUT2D eigenvalue weighted by molar-refractivity contribution is 0.0550. The van der Waals surface area contributed by atoms with Crippen LogP contribution in [0.15, 0.2) is 11.4 Å². The molecule has 0 unspecified atom stereocenters. The smallest absolute Gasteiger partial charge is 0.254 e. The summed E-state index contributed by atoms with van der Waals surface area (Å²) >= 11 is 3.81. The van der Waals surface area contributed by atoms with Gasteiger partial charge in [-0.05, 0) is 42.5 Å². The van der Waals surface area contributed by atoms with Crippen LogP contribution in [0.1, 0.15) is 24.2 Å². The summed E-state index contributed by atoms with van der Waals surface area (Å²) in [6.45, 7) is 7.58. The molecule has 6 heteroatoms. The van der Waals surface area contributed by atoms with Crippen molar-refractivity contribution in [2.75, 3.05) is 39.5 Å². The van der Waals surface area contributed by atoms with Crippen LogP contribution in [0.5, 0.6) is 0 Å². The molecule has 1 amide bonds. The fourth-order valence-corrected chi connectivity index (χ4v) is 2.88.